The van der Waals surface area contributed by atoms with E-state index < -0.39 is 0 Å². The minimum atomic E-state index is 0.699. The zero-order valence-corrected chi connectivity index (χ0v) is 13.4. The minimum Gasteiger partial charge on any atom is -0.369 e. The molecule has 0 radical (unpaired) electrons. The number of hydrogen-bond donors (Lipinski definition) is 2. The highest BCUT2D eigenvalue weighted by molar-refractivity contribution is 5.65. The average Bonchev–Trinajstić information content (AvgIpc) is 2.96. The fourth-order valence-corrected chi connectivity index (χ4v) is 2.50. The van der Waals surface area contributed by atoms with Gasteiger partial charge in [0.2, 0.25) is 0 Å². The van der Waals surface area contributed by atoms with Crippen molar-refractivity contribution in [3.05, 3.63) is 18.6 Å². The summed E-state index contributed by atoms with van der Waals surface area (Å²) >= 11 is 0. The molecule has 0 fully saturated rings. The van der Waals surface area contributed by atoms with Crippen LogP contribution in [0.3, 0.4) is 0 Å². The van der Waals surface area contributed by atoms with E-state index in [1.807, 2.05) is 23.0 Å². The second-order valence-electron chi connectivity index (χ2n) is 5.46. The zero-order chi connectivity index (χ0) is 15.1. The van der Waals surface area contributed by atoms with Gasteiger partial charge in [-0.25, -0.2) is 9.97 Å². The van der Waals surface area contributed by atoms with Crippen LogP contribution < -0.4 is 10.6 Å². The standard InChI is InChI=1S/C16H27N5/c1-4-7-8-13(5-2)11-19-15-16-18-9-10-21(16)12-14(20-15)17-6-3/h9-10,12-13,17H,4-8,11H2,1-3H3,(H,19,20). The van der Waals surface area contributed by atoms with Crippen molar-refractivity contribution in [3.8, 4) is 0 Å². The fourth-order valence-electron chi connectivity index (χ4n) is 2.50. The normalized spacial score (nSPS) is 12.5. The summed E-state index contributed by atoms with van der Waals surface area (Å²) in [7, 11) is 0. The van der Waals surface area contributed by atoms with Crippen LogP contribution in [0.1, 0.15) is 46.5 Å². The molecule has 5 nitrogen and oxygen atoms in total. The Bertz CT molecular complexity index is 549. The first kappa shape index (κ1) is 15.6. The Hall–Kier alpha value is -1.78. The molecule has 2 heterocycles. The summed E-state index contributed by atoms with van der Waals surface area (Å²) in [5.74, 6) is 2.45. The molecular weight excluding hydrogens is 262 g/mol. The third-order valence-corrected chi connectivity index (χ3v) is 3.83. The lowest BCUT2D eigenvalue weighted by atomic mass is 9.99. The number of aromatic nitrogens is 3. The van der Waals surface area contributed by atoms with Gasteiger partial charge < -0.3 is 15.0 Å². The van der Waals surface area contributed by atoms with Crippen molar-refractivity contribution < 1.29 is 0 Å². The van der Waals surface area contributed by atoms with Crippen LogP contribution in [0, 0.1) is 5.92 Å². The molecule has 0 aliphatic carbocycles. The molecule has 2 rings (SSSR count). The Morgan fingerprint density at radius 2 is 2.10 bits per heavy atom. The lowest BCUT2D eigenvalue weighted by molar-refractivity contribution is 0.472. The fraction of sp³-hybridized carbons (Fsp3) is 0.625. The Kier molecular flexibility index (Phi) is 5.84. The SMILES string of the molecule is CCCCC(CC)CNc1nc(NCC)cn2ccnc12. The number of anilines is 2. The summed E-state index contributed by atoms with van der Waals surface area (Å²) in [6, 6.07) is 0. The van der Waals surface area contributed by atoms with Crippen LogP contribution in [0.25, 0.3) is 5.65 Å². The zero-order valence-electron chi connectivity index (χ0n) is 13.4. The van der Waals surface area contributed by atoms with Gasteiger partial charge in [-0.3, -0.25) is 0 Å². The molecule has 0 aromatic carbocycles. The third-order valence-electron chi connectivity index (χ3n) is 3.83. The number of rotatable bonds is 9. The molecule has 1 atom stereocenters. The molecule has 1 unspecified atom stereocenters. The first-order chi connectivity index (χ1) is 10.3. The first-order valence-corrected chi connectivity index (χ1v) is 8.09. The van der Waals surface area contributed by atoms with Gasteiger partial charge in [0.15, 0.2) is 11.5 Å². The van der Waals surface area contributed by atoms with Gasteiger partial charge >= 0.3 is 0 Å². The summed E-state index contributed by atoms with van der Waals surface area (Å²) in [5.41, 5.74) is 0.891. The van der Waals surface area contributed by atoms with Crippen LogP contribution in [0.4, 0.5) is 11.6 Å². The van der Waals surface area contributed by atoms with Crippen molar-refractivity contribution >= 4 is 17.3 Å². The molecule has 2 N–H and O–H groups in total. The Morgan fingerprint density at radius 1 is 1.24 bits per heavy atom. The van der Waals surface area contributed by atoms with E-state index in [4.69, 9.17) is 0 Å². The molecule has 0 saturated heterocycles. The molecule has 0 amide bonds. The van der Waals surface area contributed by atoms with Gasteiger partial charge in [0.25, 0.3) is 0 Å². The molecule has 2 aromatic rings. The van der Waals surface area contributed by atoms with E-state index in [0.717, 1.165) is 30.4 Å². The van der Waals surface area contributed by atoms with Crippen LogP contribution in [0.5, 0.6) is 0 Å². The maximum Gasteiger partial charge on any atom is 0.180 e. The van der Waals surface area contributed by atoms with Crippen molar-refractivity contribution in [2.24, 2.45) is 5.92 Å². The predicted octanol–water partition coefficient (Wildman–Crippen LogP) is 3.79. The van der Waals surface area contributed by atoms with E-state index in [1.165, 1.54) is 25.7 Å². The van der Waals surface area contributed by atoms with Gasteiger partial charge in [-0.05, 0) is 19.3 Å². The van der Waals surface area contributed by atoms with Crippen molar-refractivity contribution in [3.63, 3.8) is 0 Å². The number of unbranched alkanes of at least 4 members (excludes halogenated alkanes) is 1. The Morgan fingerprint density at radius 3 is 2.81 bits per heavy atom. The smallest absolute Gasteiger partial charge is 0.180 e. The third kappa shape index (κ3) is 4.09. The second kappa shape index (κ2) is 7.86. The number of nitrogens with one attached hydrogen (secondary N) is 2. The van der Waals surface area contributed by atoms with Gasteiger partial charge in [-0.15, -0.1) is 0 Å². The molecule has 0 aliphatic heterocycles. The van der Waals surface area contributed by atoms with Gasteiger partial charge in [-0.2, -0.15) is 0 Å². The first-order valence-electron chi connectivity index (χ1n) is 8.09. The predicted molar refractivity (Wildman–Crippen MR) is 88.9 cm³/mol. The molecule has 0 aliphatic rings. The van der Waals surface area contributed by atoms with Crippen LogP contribution in [-0.2, 0) is 0 Å². The van der Waals surface area contributed by atoms with Gasteiger partial charge in [-0.1, -0.05) is 33.1 Å². The van der Waals surface area contributed by atoms with E-state index in [-0.39, 0.29) is 0 Å². The quantitative estimate of drug-likeness (QED) is 0.737. The van der Waals surface area contributed by atoms with E-state index in [0.29, 0.717) is 5.92 Å². The summed E-state index contributed by atoms with van der Waals surface area (Å²) in [6.45, 7) is 8.40. The molecule has 0 spiro atoms. The monoisotopic (exact) mass is 289 g/mol. The van der Waals surface area contributed by atoms with Crippen LogP contribution in [-0.4, -0.2) is 27.5 Å². The molecule has 21 heavy (non-hydrogen) atoms. The largest absolute Gasteiger partial charge is 0.369 e. The molecule has 2 aromatic heterocycles. The number of nitrogens with zero attached hydrogens (tertiary/aromatic N) is 3. The number of imidazole rings is 1. The maximum absolute atomic E-state index is 4.64. The topological polar surface area (TPSA) is 54.2 Å². The molecule has 5 heteroatoms. The number of fused-ring (bicyclic) bond motifs is 1. The van der Waals surface area contributed by atoms with Gasteiger partial charge in [0.1, 0.15) is 5.82 Å². The molecule has 0 bridgehead atoms. The van der Waals surface area contributed by atoms with E-state index in [1.54, 1.807) is 0 Å². The van der Waals surface area contributed by atoms with Crippen molar-refractivity contribution in [2.75, 3.05) is 23.7 Å². The summed E-state index contributed by atoms with van der Waals surface area (Å²) in [6.07, 6.45) is 10.8. The van der Waals surface area contributed by atoms with E-state index in [2.05, 4.69) is 41.4 Å². The van der Waals surface area contributed by atoms with E-state index in [9.17, 15) is 0 Å². The van der Waals surface area contributed by atoms with E-state index >= 15 is 0 Å². The van der Waals surface area contributed by atoms with Crippen molar-refractivity contribution in [1.29, 1.82) is 0 Å². The number of hydrogen-bond acceptors (Lipinski definition) is 4. The second-order valence-corrected chi connectivity index (χ2v) is 5.46. The van der Waals surface area contributed by atoms with Crippen molar-refractivity contribution in [1.82, 2.24) is 14.4 Å². The molecule has 116 valence electrons. The molecular formula is C16H27N5. The highest BCUT2D eigenvalue weighted by atomic mass is 15.1. The van der Waals surface area contributed by atoms with Gasteiger partial charge in [0, 0.05) is 25.5 Å². The molecule has 0 saturated carbocycles. The van der Waals surface area contributed by atoms with Crippen LogP contribution >= 0.6 is 0 Å². The lowest BCUT2D eigenvalue weighted by Crippen LogP contribution is -2.16. The Labute approximate surface area is 127 Å². The average molecular weight is 289 g/mol. The summed E-state index contributed by atoms with van der Waals surface area (Å²) in [4.78, 5) is 9.04. The summed E-state index contributed by atoms with van der Waals surface area (Å²) in [5, 5.41) is 6.76. The lowest BCUT2D eigenvalue weighted by Gasteiger charge is -2.16. The van der Waals surface area contributed by atoms with Crippen molar-refractivity contribution in [2.45, 2.75) is 46.5 Å². The Balaban J connectivity index is 2.10. The maximum atomic E-state index is 4.64. The van der Waals surface area contributed by atoms with Gasteiger partial charge in [0.05, 0.1) is 6.20 Å². The minimum absolute atomic E-state index is 0.699. The van der Waals surface area contributed by atoms with Crippen LogP contribution in [0.2, 0.25) is 0 Å². The van der Waals surface area contributed by atoms with Crippen LogP contribution in [0.15, 0.2) is 18.6 Å². The highest BCUT2D eigenvalue weighted by Crippen LogP contribution is 2.19. The highest BCUT2D eigenvalue weighted by Gasteiger charge is 2.10. The summed E-state index contributed by atoms with van der Waals surface area (Å²) < 4.78 is 2.01.